The first kappa shape index (κ1) is 13.8. The number of furan rings is 2. The predicted molar refractivity (Wildman–Crippen MR) is 92.1 cm³/mol. The molecule has 0 radical (unpaired) electrons. The van der Waals surface area contributed by atoms with E-state index in [9.17, 15) is 0 Å². The first-order valence-corrected chi connectivity index (χ1v) is 9.97. The molecular weight excluding hydrogens is 296 g/mol. The Labute approximate surface area is 143 Å². The van der Waals surface area contributed by atoms with Gasteiger partial charge in [0.1, 0.15) is 23.0 Å². The van der Waals surface area contributed by atoms with E-state index in [4.69, 9.17) is 8.83 Å². The van der Waals surface area contributed by atoms with Gasteiger partial charge in [-0.2, -0.15) is 0 Å². The normalized spacial score (nSPS) is 35.9. The Balaban J connectivity index is 1.16. The van der Waals surface area contributed by atoms with Crippen LogP contribution in [0.4, 0.5) is 0 Å². The van der Waals surface area contributed by atoms with Gasteiger partial charge in [-0.15, -0.1) is 0 Å². The van der Waals surface area contributed by atoms with E-state index in [2.05, 4.69) is 31.2 Å². The van der Waals surface area contributed by atoms with Gasteiger partial charge in [-0.05, 0) is 93.4 Å². The summed E-state index contributed by atoms with van der Waals surface area (Å²) in [5.74, 6) is 10.1. The third-order valence-corrected chi connectivity index (χ3v) is 7.01. The maximum absolute atomic E-state index is 6.23. The fourth-order valence-corrected chi connectivity index (χ4v) is 4.92. The van der Waals surface area contributed by atoms with Gasteiger partial charge in [-0.3, -0.25) is 0 Å². The van der Waals surface area contributed by atoms with Gasteiger partial charge in [0.25, 0.3) is 0 Å². The highest BCUT2D eigenvalue weighted by molar-refractivity contribution is 5.27. The van der Waals surface area contributed by atoms with Crippen molar-refractivity contribution in [3.63, 3.8) is 0 Å². The molecule has 1 unspecified atom stereocenters. The van der Waals surface area contributed by atoms with Crippen LogP contribution in [0.5, 0.6) is 0 Å². The summed E-state index contributed by atoms with van der Waals surface area (Å²) in [7, 11) is 0. The Hall–Kier alpha value is -1.44. The fourth-order valence-electron chi connectivity index (χ4n) is 4.92. The van der Waals surface area contributed by atoms with Gasteiger partial charge >= 0.3 is 0 Å². The highest BCUT2D eigenvalue weighted by Crippen LogP contribution is 2.60. The summed E-state index contributed by atoms with van der Waals surface area (Å²) >= 11 is 0. The van der Waals surface area contributed by atoms with Crippen molar-refractivity contribution in [3.8, 4) is 0 Å². The predicted octanol–water partition coefficient (Wildman–Crippen LogP) is 6.05. The zero-order chi connectivity index (χ0) is 15.8. The minimum atomic E-state index is 0.226. The summed E-state index contributed by atoms with van der Waals surface area (Å²) in [6.45, 7) is 2.21. The van der Waals surface area contributed by atoms with Gasteiger partial charge in [-0.1, -0.05) is 0 Å². The minimum absolute atomic E-state index is 0.226. The van der Waals surface area contributed by atoms with Gasteiger partial charge in [0.05, 0.1) is 5.92 Å². The lowest BCUT2D eigenvalue weighted by Gasteiger charge is -2.05. The molecule has 4 aliphatic carbocycles. The third-order valence-electron chi connectivity index (χ3n) is 7.01. The Morgan fingerprint density at radius 1 is 0.750 bits per heavy atom. The molecule has 6 rings (SSSR count). The second-order valence-electron chi connectivity index (χ2n) is 8.89. The number of hydrogen-bond acceptors (Lipinski definition) is 2. The highest BCUT2D eigenvalue weighted by Gasteiger charge is 2.50. The van der Waals surface area contributed by atoms with Crippen LogP contribution in [0.15, 0.2) is 33.1 Å². The Bertz CT molecular complexity index is 696. The van der Waals surface area contributed by atoms with Crippen LogP contribution in [0.3, 0.4) is 0 Å². The van der Waals surface area contributed by atoms with Crippen molar-refractivity contribution in [2.24, 2.45) is 23.7 Å². The summed E-state index contributed by atoms with van der Waals surface area (Å²) in [6, 6.07) is 8.78. The lowest BCUT2D eigenvalue weighted by atomic mass is 10.1. The largest absolute Gasteiger partial charge is 0.465 e. The van der Waals surface area contributed by atoms with Crippen molar-refractivity contribution in [2.45, 2.75) is 63.2 Å². The van der Waals surface area contributed by atoms with E-state index >= 15 is 0 Å². The molecule has 0 bridgehead atoms. The second kappa shape index (κ2) is 4.80. The first-order valence-electron chi connectivity index (χ1n) is 9.97. The van der Waals surface area contributed by atoms with Crippen molar-refractivity contribution in [1.29, 1.82) is 0 Å². The molecule has 2 heterocycles. The monoisotopic (exact) mass is 322 g/mol. The van der Waals surface area contributed by atoms with Crippen molar-refractivity contribution < 1.29 is 8.83 Å². The average molecular weight is 322 g/mol. The SMILES string of the molecule is CC(c1ccc([C@H]2C[C@@H]2C2CC2)o1)c1ccc([C@@H]2C[C@@H]2C2CC2)o1. The van der Waals surface area contributed by atoms with Gasteiger partial charge in [0.2, 0.25) is 0 Å². The highest BCUT2D eigenvalue weighted by atomic mass is 16.4. The molecule has 2 heteroatoms. The molecule has 0 spiro atoms. The van der Waals surface area contributed by atoms with Crippen LogP contribution in [0.1, 0.15) is 86.2 Å². The van der Waals surface area contributed by atoms with Crippen LogP contribution in [0.25, 0.3) is 0 Å². The topological polar surface area (TPSA) is 26.3 Å². The molecule has 0 amide bonds. The Morgan fingerprint density at radius 3 is 1.62 bits per heavy atom. The van der Waals surface area contributed by atoms with Crippen LogP contribution in [0.2, 0.25) is 0 Å². The van der Waals surface area contributed by atoms with Crippen LogP contribution < -0.4 is 0 Å². The lowest BCUT2D eigenvalue weighted by Crippen LogP contribution is -1.92. The average Bonchev–Trinajstić information content (AvgIpc) is 3.41. The molecule has 4 fully saturated rings. The van der Waals surface area contributed by atoms with Crippen molar-refractivity contribution >= 4 is 0 Å². The molecule has 0 saturated heterocycles. The summed E-state index contributed by atoms with van der Waals surface area (Å²) in [5.41, 5.74) is 0. The molecule has 2 nitrogen and oxygen atoms in total. The van der Waals surface area contributed by atoms with E-state index in [1.807, 2.05) is 0 Å². The van der Waals surface area contributed by atoms with E-state index in [0.29, 0.717) is 11.8 Å². The van der Waals surface area contributed by atoms with Crippen molar-refractivity contribution in [1.82, 2.24) is 0 Å². The second-order valence-corrected chi connectivity index (χ2v) is 8.89. The minimum Gasteiger partial charge on any atom is -0.465 e. The molecule has 2 aromatic rings. The third kappa shape index (κ3) is 2.29. The molecule has 126 valence electrons. The molecule has 4 saturated carbocycles. The van der Waals surface area contributed by atoms with E-state index in [0.717, 1.165) is 35.2 Å². The lowest BCUT2D eigenvalue weighted by molar-refractivity contribution is 0.400. The van der Waals surface area contributed by atoms with Crippen LogP contribution in [0, 0.1) is 23.7 Å². The maximum atomic E-state index is 6.23. The van der Waals surface area contributed by atoms with E-state index < -0.39 is 0 Å². The standard InChI is InChI=1S/C22H26O2/c1-12(19-6-8-21(23-19)17-10-15(17)13-2-3-13)20-7-9-22(24-20)18-11-16(18)14-4-5-14/h6-9,12-18H,2-5,10-11H2,1H3/t12?,15-,16-,17-,18+/m1/s1. The van der Waals surface area contributed by atoms with E-state index in [1.54, 1.807) is 0 Å². The zero-order valence-corrected chi connectivity index (χ0v) is 14.4. The molecule has 0 aromatic carbocycles. The van der Waals surface area contributed by atoms with Gasteiger partial charge in [-0.25, -0.2) is 0 Å². The van der Waals surface area contributed by atoms with Gasteiger partial charge in [0.15, 0.2) is 0 Å². The van der Waals surface area contributed by atoms with Crippen LogP contribution >= 0.6 is 0 Å². The fraction of sp³-hybridized carbons (Fsp3) is 0.636. The maximum Gasteiger partial charge on any atom is 0.114 e. The zero-order valence-electron chi connectivity index (χ0n) is 14.4. The molecular formula is C22H26O2. The van der Waals surface area contributed by atoms with Crippen LogP contribution in [-0.2, 0) is 0 Å². The first-order chi connectivity index (χ1) is 11.8. The Kier molecular flexibility index (Phi) is 2.76. The molecule has 5 atom stereocenters. The summed E-state index contributed by atoms with van der Waals surface area (Å²) in [6.07, 6.45) is 8.49. The Morgan fingerprint density at radius 2 is 1.21 bits per heavy atom. The number of hydrogen-bond donors (Lipinski definition) is 0. The number of rotatable bonds is 6. The van der Waals surface area contributed by atoms with E-state index in [1.165, 1.54) is 50.0 Å². The van der Waals surface area contributed by atoms with Crippen molar-refractivity contribution in [3.05, 3.63) is 47.3 Å². The smallest absolute Gasteiger partial charge is 0.114 e. The molecule has 0 N–H and O–H groups in total. The van der Waals surface area contributed by atoms with Crippen LogP contribution in [-0.4, -0.2) is 0 Å². The van der Waals surface area contributed by atoms with Gasteiger partial charge < -0.3 is 8.83 Å². The quantitative estimate of drug-likeness (QED) is 0.647. The summed E-state index contributed by atoms with van der Waals surface area (Å²) < 4.78 is 12.5. The molecule has 2 aromatic heterocycles. The molecule has 0 aliphatic heterocycles. The van der Waals surface area contributed by atoms with Gasteiger partial charge in [0, 0.05) is 11.8 Å². The summed E-state index contributed by atoms with van der Waals surface area (Å²) in [5, 5.41) is 0. The van der Waals surface area contributed by atoms with Crippen molar-refractivity contribution in [2.75, 3.05) is 0 Å². The molecule has 4 aliphatic rings. The summed E-state index contributed by atoms with van der Waals surface area (Å²) in [4.78, 5) is 0. The molecule has 24 heavy (non-hydrogen) atoms. The van der Waals surface area contributed by atoms with E-state index in [-0.39, 0.29) is 5.92 Å².